The van der Waals surface area contributed by atoms with E-state index in [1.54, 1.807) is 0 Å². The predicted molar refractivity (Wildman–Crippen MR) is 144 cm³/mol. The molecule has 0 bridgehead atoms. The summed E-state index contributed by atoms with van der Waals surface area (Å²) in [4.78, 5) is 13.0. The molecule has 0 spiro atoms. The summed E-state index contributed by atoms with van der Waals surface area (Å²) in [5.41, 5.74) is 6.23. The molecule has 2 aromatic carbocycles. The zero-order chi connectivity index (χ0) is 25.8. The first-order valence-corrected chi connectivity index (χ1v) is 14.7. The number of para-hydroxylation sites is 1. The molecule has 0 aliphatic rings. The van der Waals surface area contributed by atoms with Crippen molar-refractivity contribution < 1.29 is 17.4 Å². The lowest BCUT2D eigenvalue weighted by Gasteiger charge is -2.18. The maximum Gasteiger partial charge on any atom is 0.409 e. The minimum absolute atomic E-state index is 0.0259. The fourth-order valence-corrected chi connectivity index (χ4v) is 5.48. The second kappa shape index (κ2) is 14.3. The number of carbonyl (C=O) groups is 1. The molecule has 2 aromatic rings. The van der Waals surface area contributed by atoms with Gasteiger partial charge in [-0.2, -0.15) is 8.42 Å². The van der Waals surface area contributed by atoms with Crippen LogP contribution in [0, 0.1) is 0 Å². The summed E-state index contributed by atoms with van der Waals surface area (Å²) in [5.74, 6) is -0.202. The third kappa shape index (κ3) is 8.68. The largest absolute Gasteiger partial charge is 0.409 e. The van der Waals surface area contributed by atoms with Crippen LogP contribution in [0.4, 0.5) is 0 Å². The Morgan fingerprint density at radius 1 is 0.743 bits per heavy atom. The molecular weight excluding hydrogens is 458 g/mol. The summed E-state index contributed by atoms with van der Waals surface area (Å²) in [6.45, 7) is 10.5. The highest BCUT2D eigenvalue weighted by Crippen LogP contribution is 2.28. The van der Waals surface area contributed by atoms with Crippen LogP contribution in [-0.2, 0) is 53.6 Å². The Morgan fingerprint density at radius 2 is 1.20 bits per heavy atom. The van der Waals surface area contributed by atoms with Gasteiger partial charge in [-0.15, -0.1) is 0 Å². The molecule has 0 saturated carbocycles. The summed E-state index contributed by atoms with van der Waals surface area (Å²) in [5, 5.41) is 0. The van der Waals surface area contributed by atoms with E-state index in [0.717, 1.165) is 79.2 Å². The van der Waals surface area contributed by atoms with E-state index in [4.69, 9.17) is 4.18 Å². The van der Waals surface area contributed by atoms with Gasteiger partial charge in [0, 0.05) is 0 Å². The van der Waals surface area contributed by atoms with Gasteiger partial charge in [-0.1, -0.05) is 97.1 Å². The zero-order valence-electron chi connectivity index (χ0n) is 22.2. The van der Waals surface area contributed by atoms with Crippen molar-refractivity contribution in [2.45, 2.75) is 105 Å². The molecule has 0 heterocycles. The summed E-state index contributed by atoms with van der Waals surface area (Å²) in [6, 6.07) is 10.1. The summed E-state index contributed by atoms with van der Waals surface area (Å²) >= 11 is 0. The topological polar surface area (TPSA) is 72.5 Å². The first kappa shape index (κ1) is 28.9. The van der Waals surface area contributed by atoms with E-state index in [1.165, 1.54) is 5.56 Å². The fourth-order valence-electron chi connectivity index (χ4n) is 4.66. The highest BCUT2D eigenvalue weighted by molar-refractivity contribution is 7.85. The Bertz CT molecular complexity index is 1020. The summed E-state index contributed by atoms with van der Waals surface area (Å²) in [7, 11) is -4.30. The maximum absolute atomic E-state index is 13.0. The van der Waals surface area contributed by atoms with Crippen molar-refractivity contribution in [1.29, 1.82) is 0 Å². The molecule has 0 saturated heterocycles. The van der Waals surface area contributed by atoms with Gasteiger partial charge in [0.25, 0.3) is 0 Å². The Labute approximate surface area is 212 Å². The van der Waals surface area contributed by atoms with E-state index in [1.807, 2.05) is 32.0 Å². The number of aryl methyl sites for hydroxylation is 5. The summed E-state index contributed by atoms with van der Waals surface area (Å²) in [6.07, 6.45) is 8.90. The molecule has 0 aliphatic carbocycles. The van der Waals surface area contributed by atoms with Crippen molar-refractivity contribution in [3.8, 4) is 5.75 Å². The van der Waals surface area contributed by atoms with Crippen LogP contribution in [0.5, 0.6) is 5.75 Å². The standard InChI is InChI=1S/C29H43NO4S/c1-6-12-22-19-25(15-9-4)27(26(20-22)16-10-5)21-28(31)30-35(32,33)34-29-23(13-7-2)17-11-18-24(29)14-8-3/h11,17-20H,6-10,12-16,21H2,1-5H3,(H,30,31). The first-order valence-electron chi connectivity index (χ1n) is 13.3. The van der Waals surface area contributed by atoms with Crippen LogP contribution >= 0.6 is 0 Å². The van der Waals surface area contributed by atoms with Gasteiger partial charge >= 0.3 is 10.3 Å². The molecule has 0 radical (unpaired) electrons. The lowest BCUT2D eigenvalue weighted by molar-refractivity contribution is -0.118. The van der Waals surface area contributed by atoms with Crippen LogP contribution in [0.2, 0.25) is 0 Å². The molecule has 6 heteroatoms. The molecule has 0 aliphatic heterocycles. The molecule has 1 N–H and O–H groups in total. The van der Waals surface area contributed by atoms with Crippen LogP contribution in [-0.4, -0.2) is 14.3 Å². The average Bonchev–Trinajstić information content (AvgIpc) is 2.78. The van der Waals surface area contributed by atoms with E-state index in [2.05, 4.69) is 37.6 Å². The van der Waals surface area contributed by atoms with Crippen LogP contribution in [0.3, 0.4) is 0 Å². The predicted octanol–water partition coefficient (Wildman–Crippen LogP) is 6.43. The maximum atomic E-state index is 13.0. The quantitative estimate of drug-likeness (QED) is 0.305. The van der Waals surface area contributed by atoms with Gasteiger partial charge in [0.1, 0.15) is 0 Å². The van der Waals surface area contributed by atoms with Crippen molar-refractivity contribution in [3.63, 3.8) is 0 Å². The number of amides is 1. The monoisotopic (exact) mass is 501 g/mol. The third-order valence-electron chi connectivity index (χ3n) is 6.06. The molecule has 2 rings (SSSR count). The van der Waals surface area contributed by atoms with E-state index < -0.39 is 16.2 Å². The van der Waals surface area contributed by atoms with E-state index in [0.29, 0.717) is 18.6 Å². The van der Waals surface area contributed by atoms with Gasteiger partial charge in [0.15, 0.2) is 5.75 Å². The van der Waals surface area contributed by atoms with Gasteiger partial charge < -0.3 is 4.18 Å². The van der Waals surface area contributed by atoms with Crippen LogP contribution < -0.4 is 8.91 Å². The van der Waals surface area contributed by atoms with Crippen LogP contribution in [0.25, 0.3) is 0 Å². The van der Waals surface area contributed by atoms with Crippen molar-refractivity contribution in [2.75, 3.05) is 0 Å². The summed E-state index contributed by atoms with van der Waals surface area (Å²) < 4.78 is 33.5. The van der Waals surface area contributed by atoms with E-state index in [-0.39, 0.29) is 6.42 Å². The molecule has 5 nitrogen and oxygen atoms in total. The van der Waals surface area contributed by atoms with E-state index in [9.17, 15) is 13.2 Å². The number of hydrogen-bond donors (Lipinski definition) is 1. The SMILES string of the molecule is CCCc1cc(CCC)c(CC(=O)NS(=O)(=O)Oc2c(CCC)cccc2CCC)c(CCC)c1. The molecule has 1 amide bonds. The second-order valence-electron chi connectivity index (χ2n) is 9.29. The lowest BCUT2D eigenvalue weighted by Crippen LogP contribution is -2.35. The van der Waals surface area contributed by atoms with Gasteiger partial charge in [0.2, 0.25) is 5.91 Å². The van der Waals surface area contributed by atoms with Gasteiger partial charge in [0.05, 0.1) is 6.42 Å². The number of hydrogen-bond acceptors (Lipinski definition) is 4. The number of benzene rings is 2. The van der Waals surface area contributed by atoms with Gasteiger partial charge in [-0.25, -0.2) is 4.72 Å². The van der Waals surface area contributed by atoms with Crippen LogP contribution in [0.15, 0.2) is 30.3 Å². The number of nitrogens with one attached hydrogen (secondary N) is 1. The first-order chi connectivity index (χ1) is 16.8. The second-order valence-corrected chi connectivity index (χ2v) is 10.6. The molecule has 0 atom stereocenters. The highest BCUT2D eigenvalue weighted by atomic mass is 32.2. The molecule has 0 unspecified atom stereocenters. The number of rotatable bonds is 15. The average molecular weight is 502 g/mol. The zero-order valence-corrected chi connectivity index (χ0v) is 23.0. The fraction of sp³-hybridized carbons (Fsp3) is 0.552. The minimum Gasteiger partial charge on any atom is -0.366 e. The minimum atomic E-state index is -4.30. The third-order valence-corrected chi connectivity index (χ3v) is 6.92. The van der Waals surface area contributed by atoms with Crippen molar-refractivity contribution >= 4 is 16.2 Å². The Balaban J connectivity index is 2.31. The van der Waals surface area contributed by atoms with Crippen LogP contribution in [0.1, 0.15) is 100 Å². The molecule has 35 heavy (non-hydrogen) atoms. The van der Waals surface area contributed by atoms with Gasteiger partial charge in [-0.3, -0.25) is 4.79 Å². The highest BCUT2D eigenvalue weighted by Gasteiger charge is 2.22. The molecule has 194 valence electrons. The van der Waals surface area contributed by atoms with Crippen molar-refractivity contribution in [3.05, 3.63) is 63.7 Å². The van der Waals surface area contributed by atoms with E-state index >= 15 is 0 Å². The normalized spacial score (nSPS) is 11.5. The van der Waals surface area contributed by atoms with Crippen molar-refractivity contribution in [1.82, 2.24) is 4.72 Å². The number of carbonyl (C=O) groups excluding carboxylic acids is 1. The Kier molecular flexibility index (Phi) is 11.8. The van der Waals surface area contributed by atoms with Crippen molar-refractivity contribution in [2.24, 2.45) is 0 Å². The molecule has 0 fully saturated rings. The Morgan fingerprint density at radius 3 is 1.66 bits per heavy atom. The molecule has 0 aromatic heterocycles. The Hall–Kier alpha value is -2.34. The lowest BCUT2D eigenvalue weighted by atomic mass is 9.89. The smallest absolute Gasteiger partial charge is 0.366 e. The molecular formula is C29H43NO4S. The van der Waals surface area contributed by atoms with Gasteiger partial charge in [-0.05, 0) is 65.5 Å².